The van der Waals surface area contributed by atoms with Crippen molar-refractivity contribution in [2.24, 2.45) is 0 Å². The van der Waals surface area contributed by atoms with Crippen molar-refractivity contribution in [1.29, 1.82) is 0 Å². The molecule has 8 heteroatoms. The summed E-state index contributed by atoms with van der Waals surface area (Å²) in [5.74, 6) is -1.20. The third kappa shape index (κ3) is 7.24. The Kier molecular flexibility index (Phi) is 7.03. The van der Waals surface area contributed by atoms with Gasteiger partial charge in [0.25, 0.3) is 0 Å². The Bertz CT molecular complexity index is 394. The van der Waals surface area contributed by atoms with Gasteiger partial charge in [-0.1, -0.05) is 99.9 Å². The van der Waals surface area contributed by atoms with Gasteiger partial charge in [-0.25, -0.2) is 0 Å². The molecule has 0 aliphatic carbocycles. The molecule has 0 aliphatic rings. The van der Waals surface area contributed by atoms with Crippen molar-refractivity contribution in [1.82, 2.24) is 0 Å². The average molecular weight is 401 g/mol. The van der Waals surface area contributed by atoms with Crippen molar-refractivity contribution in [3.63, 3.8) is 0 Å². The Labute approximate surface area is 148 Å². The van der Waals surface area contributed by atoms with E-state index in [1.807, 2.05) is 18.2 Å². The van der Waals surface area contributed by atoms with Gasteiger partial charge in [0.05, 0.1) is 13.2 Å². The highest BCUT2D eigenvalue weighted by Gasteiger charge is 2.35. The molecule has 0 heterocycles. The van der Waals surface area contributed by atoms with E-state index >= 15 is 0 Å². The third-order valence-corrected chi connectivity index (χ3v) is 2.98. The number of halogens is 6. The van der Waals surface area contributed by atoms with Gasteiger partial charge in [-0.15, -0.1) is 0 Å². The second-order valence-electron chi connectivity index (χ2n) is 4.12. The molecule has 0 saturated heterocycles. The van der Waals surface area contributed by atoms with E-state index in [0.717, 1.165) is 0 Å². The monoisotopic (exact) mass is 398 g/mol. The van der Waals surface area contributed by atoms with Crippen LogP contribution in [0.25, 0.3) is 0 Å². The van der Waals surface area contributed by atoms with Crippen LogP contribution in [-0.2, 0) is 15.3 Å². The van der Waals surface area contributed by atoms with Crippen molar-refractivity contribution >= 4 is 69.6 Å². The molecule has 0 fully saturated rings. The minimum Gasteiger partial charge on any atom is -0.342 e. The first-order chi connectivity index (χ1) is 9.02. The second-order valence-corrected chi connectivity index (χ2v) is 9.15. The molecule has 0 amide bonds. The zero-order valence-electron chi connectivity index (χ0n) is 10.4. The lowest BCUT2D eigenvalue weighted by atomic mass is 10.1. The molecule has 0 radical (unpaired) electrons. The Morgan fingerprint density at radius 1 is 0.800 bits per heavy atom. The van der Waals surface area contributed by atoms with Crippen LogP contribution in [0.2, 0.25) is 0 Å². The molecule has 0 unspecified atom stereocenters. The van der Waals surface area contributed by atoms with E-state index < -0.39 is 13.4 Å². The standard InChI is InChI=1S/C12H12Cl6O2/c1-10(19-7-11(13,14)15,20-8-12(16,17)18)9-5-3-2-4-6-9/h2-6H,7-8H2,1H3. The first-order valence-electron chi connectivity index (χ1n) is 5.49. The van der Waals surface area contributed by atoms with Crippen molar-refractivity contribution in [3.05, 3.63) is 35.9 Å². The van der Waals surface area contributed by atoms with E-state index in [4.69, 9.17) is 79.1 Å². The van der Waals surface area contributed by atoms with Crippen LogP contribution in [0.4, 0.5) is 0 Å². The fourth-order valence-electron chi connectivity index (χ4n) is 1.39. The lowest BCUT2D eigenvalue weighted by molar-refractivity contribution is -0.233. The van der Waals surface area contributed by atoms with Gasteiger partial charge in [-0.05, 0) is 6.92 Å². The molecule has 2 nitrogen and oxygen atoms in total. The number of hydrogen-bond donors (Lipinski definition) is 0. The van der Waals surface area contributed by atoms with Crippen LogP contribution in [0, 0.1) is 0 Å². The summed E-state index contributed by atoms with van der Waals surface area (Å²) in [7, 11) is 0. The fourth-order valence-corrected chi connectivity index (χ4v) is 1.72. The number of hydrogen-bond acceptors (Lipinski definition) is 2. The highest BCUT2D eigenvalue weighted by Crippen LogP contribution is 2.35. The number of ether oxygens (including phenoxy) is 2. The molecular formula is C12H12Cl6O2. The summed E-state index contributed by atoms with van der Waals surface area (Å²) >= 11 is 34.1. The van der Waals surface area contributed by atoms with Crippen LogP contribution in [0.5, 0.6) is 0 Å². The van der Waals surface area contributed by atoms with Gasteiger partial charge >= 0.3 is 0 Å². The maximum atomic E-state index is 5.69. The molecule has 20 heavy (non-hydrogen) atoms. The molecule has 0 N–H and O–H groups in total. The molecular weight excluding hydrogens is 389 g/mol. The van der Waals surface area contributed by atoms with Gasteiger partial charge in [0, 0.05) is 5.56 Å². The summed E-state index contributed by atoms with van der Waals surface area (Å²) < 4.78 is 8.02. The summed E-state index contributed by atoms with van der Waals surface area (Å²) in [4.78, 5) is 0. The van der Waals surface area contributed by atoms with Crippen LogP contribution in [-0.4, -0.2) is 20.8 Å². The van der Waals surface area contributed by atoms with Gasteiger partial charge in [0.1, 0.15) is 0 Å². The van der Waals surface area contributed by atoms with Crippen LogP contribution in [0.15, 0.2) is 30.3 Å². The number of alkyl halides is 6. The third-order valence-electron chi connectivity index (χ3n) is 2.32. The maximum absolute atomic E-state index is 5.69. The van der Waals surface area contributed by atoms with Gasteiger partial charge < -0.3 is 9.47 Å². The highest BCUT2D eigenvalue weighted by atomic mass is 35.6. The maximum Gasteiger partial charge on any atom is 0.213 e. The van der Waals surface area contributed by atoms with E-state index in [9.17, 15) is 0 Å². The smallest absolute Gasteiger partial charge is 0.213 e. The summed E-state index contributed by atoms with van der Waals surface area (Å²) in [5, 5.41) is 0. The summed E-state index contributed by atoms with van der Waals surface area (Å²) in [6.07, 6.45) is 0. The number of rotatable bonds is 5. The molecule has 0 saturated carbocycles. The topological polar surface area (TPSA) is 18.5 Å². The zero-order chi connectivity index (χ0) is 15.4. The molecule has 0 aromatic heterocycles. The van der Waals surface area contributed by atoms with Crippen LogP contribution in [0.1, 0.15) is 12.5 Å². The summed E-state index contributed by atoms with van der Waals surface area (Å²) in [6, 6.07) is 9.11. The highest BCUT2D eigenvalue weighted by molar-refractivity contribution is 6.68. The fraction of sp³-hybridized carbons (Fsp3) is 0.500. The Morgan fingerprint density at radius 2 is 1.20 bits per heavy atom. The van der Waals surface area contributed by atoms with Crippen molar-refractivity contribution in [2.75, 3.05) is 13.2 Å². The Morgan fingerprint density at radius 3 is 1.55 bits per heavy atom. The normalized spacial score (nSPS) is 13.6. The first kappa shape index (κ1) is 18.9. The summed E-state index contributed by atoms with van der Waals surface area (Å²) in [6.45, 7) is 1.31. The van der Waals surface area contributed by atoms with Gasteiger partial charge in [-0.2, -0.15) is 0 Å². The minimum atomic E-state index is -1.57. The quantitative estimate of drug-likeness (QED) is 0.470. The van der Waals surface area contributed by atoms with E-state index in [1.165, 1.54) is 0 Å². The molecule has 114 valence electrons. The molecule has 1 rings (SSSR count). The van der Waals surface area contributed by atoms with Crippen molar-refractivity contribution in [3.8, 4) is 0 Å². The minimum absolute atomic E-state index is 0.178. The predicted octanol–water partition coefficient (Wildman–Crippen LogP) is 5.63. The van der Waals surface area contributed by atoms with Gasteiger partial charge in [0.2, 0.25) is 7.59 Å². The second kappa shape index (κ2) is 7.43. The van der Waals surface area contributed by atoms with Crippen molar-refractivity contribution < 1.29 is 9.47 Å². The molecule has 1 aromatic carbocycles. The number of benzene rings is 1. The largest absolute Gasteiger partial charge is 0.342 e. The molecule has 0 aliphatic heterocycles. The van der Waals surface area contributed by atoms with E-state index in [1.54, 1.807) is 19.1 Å². The van der Waals surface area contributed by atoms with Gasteiger partial charge in [-0.3, -0.25) is 0 Å². The Hall–Kier alpha value is 0.880. The SMILES string of the molecule is CC(OCC(Cl)(Cl)Cl)(OCC(Cl)(Cl)Cl)c1ccccc1. The van der Waals surface area contributed by atoms with Crippen LogP contribution < -0.4 is 0 Å². The average Bonchev–Trinajstić information content (AvgIpc) is 2.33. The predicted molar refractivity (Wildman–Crippen MR) is 86.3 cm³/mol. The van der Waals surface area contributed by atoms with Gasteiger partial charge in [0.15, 0.2) is 5.79 Å². The van der Waals surface area contributed by atoms with E-state index in [-0.39, 0.29) is 13.2 Å². The molecule has 0 spiro atoms. The van der Waals surface area contributed by atoms with E-state index in [2.05, 4.69) is 0 Å². The molecule has 0 bridgehead atoms. The first-order valence-corrected chi connectivity index (χ1v) is 7.76. The zero-order valence-corrected chi connectivity index (χ0v) is 14.9. The molecule has 0 atom stereocenters. The van der Waals surface area contributed by atoms with Crippen LogP contribution in [0.3, 0.4) is 0 Å². The lowest BCUT2D eigenvalue weighted by Crippen LogP contribution is -2.35. The van der Waals surface area contributed by atoms with E-state index in [0.29, 0.717) is 5.56 Å². The summed E-state index contributed by atoms with van der Waals surface area (Å²) in [5.41, 5.74) is 0.712. The van der Waals surface area contributed by atoms with Crippen LogP contribution >= 0.6 is 69.6 Å². The van der Waals surface area contributed by atoms with Crippen molar-refractivity contribution in [2.45, 2.75) is 20.3 Å². The lowest BCUT2D eigenvalue weighted by Gasteiger charge is -2.33. The molecule has 1 aromatic rings. The Balaban J connectivity index is 2.88.